The quantitative estimate of drug-likeness (QED) is 0.811. The summed E-state index contributed by atoms with van der Waals surface area (Å²) in [5.74, 6) is 0. The molecule has 3 N–H and O–H groups in total. The number of nitrogens with one attached hydrogen (secondary N) is 1. The molecular weight excluding hydrogens is 258 g/mol. The molecule has 96 valence electrons. The summed E-state index contributed by atoms with van der Waals surface area (Å²) in [4.78, 5) is 3.79. The SMILES string of the molecule is CSC(C)CCNS(=O)(=O)c1ncccc1N. The number of thioether (sulfide) groups is 1. The minimum Gasteiger partial charge on any atom is -0.396 e. The van der Waals surface area contributed by atoms with Crippen molar-refractivity contribution in [2.75, 3.05) is 18.5 Å². The first-order valence-electron chi connectivity index (χ1n) is 5.20. The maximum atomic E-state index is 11.9. The number of anilines is 1. The van der Waals surface area contributed by atoms with Gasteiger partial charge in [-0.3, -0.25) is 0 Å². The third kappa shape index (κ3) is 4.18. The second-order valence-electron chi connectivity index (χ2n) is 3.63. The van der Waals surface area contributed by atoms with Crippen molar-refractivity contribution < 1.29 is 8.42 Å². The lowest BCUT2D eigenvalue weighted by atomic mass is 10.3. The number of hydrogen-bond donors (Lipinski definition) is 2. The molecular formula is C10H17N3O2S2. The van der Waals surface area contributed by atoms with E-state index >= 15 is 0 Å². The van der Waals surface area contributed by atoms with Gasteiger partial charge in [-0.15, -0.1) is 0 Å². The summed E-state index contributed by atoms with van der Waals surface area (Å²) < 4.78 is 26.2. The second kappa shape index (κ2) is 6.23. The summed E-state index contributed by atoms with van der Waals surface area (Å²) in [6.07, 6.45) is 4.18. The Balaban J connectivity index is 2.67. The van der Waals surface area contributed by atoms with Crippen LogP contribution in [-0.2, 0) is 10.0 Å². The molecule has 0 saturated heterocycles. The Labute approximate surface area is 106 Å². The average molecular weight is 275 g/mol. The lowest BCUT2D eigenvalue weighted by Gasteiger charge is -2.10. The zero-order chi connectivity index (χ0) is 12.9. The lowest BCUT2D eigenvalue weighted by Crippen LogP contribution is -2.27. The first-order valence-corrected chi connectivity index (χ1v) is 7.97. The molecule has 0 bridgehead atoms. The van der Waals surface area contributed by atoms with Gasteiger partial charge in [0.2, 0.25) is 0 Å². The van der Waals surface area contributed by atoms with Crippen LogP contribution in [0.4, 0.5) is 5.69 Å². The van der Waals surface area contributed by atoms with Gasteiger partial charge in [-0.05, 0) is 24.8 Å². The molecule has 0 aromatic carbocycles. The number of nitrogen functional groups attached to an aromatic ring is 1. The largest absolute Gasteiger partial charge is 0.396 e. The average Bonchev–Trinajstić information content (AvgIpc) is 2.28. The van der Waals surface area contributed by atoms with Crippen molar-refractivity contribution in [3.63, 3.8) is 0 Å². The fourth-order valence-corrected chi connectivity index (χ4v) is 2.67. The Bertz CT molecular complexity index is 462. The number of rotatable bonds is 6. The zero-order valence-electron chi connectivity index (χ0n) is 9.88. The molecule has 17 heavy (non-hydrogen) atoms. The highest BCUT2D eigenvalue weighted by molar-refractivity contribution is 7.99. The van der Waals surface area contributed by atoms with E-state index < -0.39 is 10.0 Å². The molecule has 0 spiro atoms. The molecule has 0 radical (unpaired) electrons. The van der Waals surface area contributed by atoms with E-state index in [9.17, 15) is 8.42 Å². The molecule has 1 aromatic heterocycles. The van der Waals surface area contributed by atoms with Crippen molar-refractivity contribution in [3.05, 3.63) is 18.3 Å². The van der Waals surface area contributed by atoms with E-state index in [1.54, 1.807) is 17.8 Å². The van der Waals surface area contributed by atoms with Crippen molar-refractivity contribution in [3.8, 4) is 0 Å². The van der Waals surface area contributed by atoms with Gasteiger partial charge in [0.25, 0.3) is 10.0 Å². The Morgan fingerprint density at radius 3 is 2.88 bits per heavy atom. The van der Waals surface area contributed by atoms with Crippen molar-refractivity contribution in [1.29, 1.82) is 0 Å². The van der Waals surface area contributed by atoms with Gasteiger partial charge in [-0.25, -0.2) is 18.1 Å². The molecule has 1 heterocycles. The normalized spacial score (nSPS) is 13.5. The van der Waals surface area contributed by atoms with Crippen molar-refractivity contribution in [2.24, 2.45) is 0 Å². The molecule has 0 aliphatic heterocycles. The Morgan fingerprint density at radius 1 is 1.59 bits per heavy atom. The van der Waals surface area contributed by atoms with Crippen LogP contribution < -0.4 is 10.5 Å². The maximum absolute atomic E-state index is 11.9. The van der Waals surface area contributed by atoms with E-state index in [4.69, 9.17) is 5.73 Å². The molecule has 1 atom stereocenters. The minimum atomic E-state index is -3.59. The number of aromatic nitrogens is 1. The van der Waals surface area contributed by atoms with Crippen LogP contribution in [0.15, 0.2) is 23.4 Å². The van der Waals surface area contributed by atoms with Crippen LogP contribution >= 0.6 is 11.8 Å². The lowest BCUT2D eigenvalue weighted by molar-refractivity contribution is 0.575. The topological polar surface area (TPSA) is 85.1 Å². The predicted molar refractivity (Wildman–Crippen MR) is 71.4 cm³/mol. The van der Waals surface area contributed by atoms with E-state index in [1.165, 1.54) is 12.3 Å². The Hall–Kier alpha value is -0.790. The third-order valence-electron chi connectivity index (χ3n) is 2.30. The van der Waals surface area contributed by atoms with Crippen LogP contribution in [0.5, 0.6) is 0 Å². The number of nitrogens with zero attached hydrogens (tertiary/aromatic N) is 1. The summed E-state index contributed by atoms with van der Waals surface area (Å²) in [6, 6.07) is 3.12. The maximum Gasteiger partial charge on any atom is 0.260 e. The van der Waals surface area contributed by atoms with Gasteiger partial charge in [0.1, 0.15) is 0 Å². The van der Waals surface area contributed by atoms with Crippen LogP contribution in [0.25, 0.3) is 0 Å². The fraction of sp³-hybridized carbons (Fsp3) is 0.500. The van der Waals surface area contributed by atoms with Crippen LogP contribution in [0, 0.1) is 0 Å². The molecule has 1 unspecified atom stereocenters. The fourth-order valence-electron chi connectivity index (χ4n) is 1.21. The molecule has 1 rings (SSSR count). The van der Waals surface area contributed by atoms with E-state index in [0.717, 1.165) is 6.42 Å². The molecule has 0 saturated carbocycles. The number of hydrogen-bond acceptors (Lipinski definition) is 5. The standard InChI is InChI=1S/C10H17N3O2S2/c1-8(16-2)5-7-13-17(14,15)10-9(11)4-3-6-12-10/h3-4,6,8,13H,5,7,11H2,1-2H3. The summed E-state index contributed by atoms with van der Waals surface area (Å²) in [5, 5.41) is 0.315. The monoisotopic (exact) mass is 275 g/mol. The highest BCUT2D eigenvalue weighted by Gasteiger charge is 2.18. The first-order chi connectivity index (χ1) is 7.97. The van der Waals surface area contributed by atoms with Crippen LogP contribution in [0.2, 0.25) is 0 Å². The van der Waals surface area contributed by atoms with Crippen molar-refractivity contribution >= 4 is 27.5 Å². The molecule has 5 nitrogen and oxygen atoms in total. The summed E-state index contributed by atoms with van der Waals surface area (Å²) in [6.45, 7) is 2.44. The van der Waals surface area contributed by atoms with Crippen LogP contribution in [0.1, 0.15) is 13.3 Å². The number of sulfonamides is 1. The van der Waals surface area contributed by atoms with E-state index in [1.807, 2.05) is 13.2 Å². The Kier molecular flexibility index (Phi) is 5.23. The summed E-state index contributed by atoms with van der Waals surface area (Å²) in [7, 11) is -3.59. The van der Waals surface area contributed by atoms with E-state index in [2.05, 4.69) is 9.71 Å². The zero-order valence-corrected chi connectivity index (χ0v) is 11.5. The van der Waals surface area contributed by atoms with Crippen molar-refractivity contribution in [2.45, 2.75) is 23.6 Å². The van der Waals surface area contributed by atoms with Crippen LogP contribution in [0.3, 0.4) is 0 Å². The van der Waals surface area contributed by atoms with Crippen LogP contribution in [-0.4, -0.2) is 31.5 Å². The second-order valence-corrected chi connectivity index (χ2v) is 6.59. The van der Waals surface area contributed by atoms with E-state index in [-0.39, 0.29) is 10.7 Å². The molecule has 0 aliphatic carbocycles. The smallest absolute Gasteiger partial charge is 0.260 e. The molecule has 7 heteroatoms. The molecule has 0 fully saturated rings. The van der Waals surface area contributed by atoms with Gasteiger partial charge in [0.15, 0.2) is 5.03 Å². The van der Waals surface area contributed by atoms with Gasteiger partial charge < -0.3 is 5.73 Å². The summed E-state index contributed by atoms with van der Waals surface area (Å²) in [5.41, 5.74) is 5.74. The van der Waals surface area contributed by atoms with E-state index in [0.29, 0.717) is 11.8 Å². The molecule has 1 aromatic rings. The predicted octanol–water partition coefficient (Wildman–Crippen LogP) is 1.08. The highest BCUT2D eigenvalue weighted by Crippen LogP contribution is 2.14. The summed E-state index contributed by atoms with van der Waals surface area (Å²) >= 11 is 1.70. The third-order valence-corrected chi connectivity index (χ3v) is 4.78. The van der Waals surface area contributed by atoms with Gasteiger partial charge in [0, 0.05) is 18.0 Å². The van der Waals surface area contributed by atoms with Gasteiger partial charge >= 0.3 is 0 Å². The van der Waals surface area contributed by atoms with Gasteiger partial charge in [-0.2, -0.15) is 11.8 Å². The van der Waals surface area contributed by atoms with Gasteiger partial charge in [0.05, 0.1) is 5.69 Å². The number of nitrogens with two attached hydrogens (primary N) is 1. The van der Waals surface area contributed by atoms with Gasteiger partial charge in [-0.1, -0.05) is 6.92 Å². The first kappa shape index (κ1) is 14.3. The molecule has 0 aliphatic rings. The highest BCUT2D eigenvalue weighted by atomic mass is 32.2. The molecule has 0 amide bonds. The minimum absolute atomic E-state index is 0.100. The van der Waals surface area contributed by atoms with Crippen molar-refractivity contribution in [1.82, 2.24) is 9.71 Å². The number of pyridine rings is 1. The Morgan fingerprint density at radius 2 is 2.29 bits per heavy atom.